The van der Waals surface area contributed by atoms with Gasteiger partial charge in [0, 0.05) is 0 Å². The fourth-order valence-electron chi connectivity index (χ4n) is 1.41. The van der Waals surface area contributed by atoms with Crippen LogP contribution in [0.3, 0.4) is 0 Å². The van der Waals surface area contributed by atoms with Crippen LogP contribution in [0.5, 0.6) is 0 Å². The SMILES string of the molecule is CCOC(=O)CC(=O)c1nc2ccccc2s1. The number of esters is 1. The van der Waals surface area contributed by atoms with Gasteiger partial charge < -0.3 is 4.74 Å². The third-order valence-electron chi connectivity index (χ3n) is 2.14. The summed E-state index contributed by atoms with van der Waals surface area (Å²) in [5.74, 6) is -0.790. The van der Waals surface area contributed by atoms with Crippen molar-refractivity contribution in [2.45, 2.75) is 13.3 Å². The average molecular weight is 249 g/mol. The first kappa shape index (κ1) is 11.7. The van der Waals surface area contributed by atoms with Crippen LogP contribution in [0.15, 0.2) is 24.3 Å². The predicted molar refractivity (Wildman–Crippen MR) is 65.2 cm³/mol. The van der Waals surface area contributed by atoms with Crippen molar-refractivity contribution in [3.8, 4) is 0 Å². The van der Waals surface area contributed by atoms with Crippen LogP contribution in [0.25, 0.3) is 10.2 Å². The molecule has 2 aromatic rings. The van der Waals surface area contributed by atoms with Gasteiger partial charge in [0.1, 0.15) is 6.42 Å². The summed E-state index contributed by atoms with van der Waals surface area (Å²) in [7, 11) is 0. The molecular weight excluding hydrogens is 238 g/mol. The molecule has 4 nitrogen and oxygen atoms in total. The van der Waals surface area contributed by atoms with Crippen LogP contribution in [0.1, 0.15) is 23.1 Å². The highest BCUT2D eigenvalue weighted by atomic mass is 32.1. The average Bonchev–Trinajstić information content (AvgIpc) is 2.72. The zero-order valence-electron chi connectivity index (χ0n) is 9.30. The standard InChI is InChI=1S/C12H11NO3S/c1-2-16-11(15)7-9(14)12-13-8-5-3-4-6-10(8)17-12/h3-6H,2,7H2,1H3. The van der Waals surface area contributed by atoms with Gasteiger partial charge in [0.25, 0.3) is 0 Å². The van der Waals surface area contributed by atoms with Crippen molar-refractivity contribution in [2.75, 3.05) is 6.61 Å². The quantitative estimate of drug-likeness (QED) is 0.474. The number of thiazole rings is 1. The van der Waals surface area contributed by atoms with Crippen molar-refractivity contribution in [1.82, 2.24) is 4.98 Å². The number of nitrogens with zero attached hydrogens (tertiary/aromatic N) is 1. The Morgan fingerprint density at radius 1 is 1.35 bits per heavy atom. The van der Waals surface area contributed by atoms with E-state index >= 15 is 0 Å². The second kappa shape index (κ2) is 5.05. The molecule has 0 unspecified atom stereocenters. The third-order valence-corrected chi connectivity index (χ3v) is 3.22. The minimum Gasteiger partial charge on any atom is -0.466 e. The van der Waals surface area contributed by atoms with E-state index in [1.807, 2.05) is 24.3 Å². The lowest BCUT2D eigenvalue weighted by Crippen LogP contribution is -2.11. The van der Waals surface area contributed by atoms with Crippen LogP contribution < -0.4 is 0 Å². The summed E-state index contributed by atoms with van der Waals surface area (Å²) in [5.41, 5.74) is 0.782. The van der Waals surface area contributed by atoms with Crippen LogP contribution in [0, 0.1) is 0 Å². The van der Waals surface area contributed by atoms with E-state index in [-0.39, 0.29) is 18.8 Å². The zero-order chi connectivity index (χ0) is 12.3. The van der Waals surface area contributed by atoms with Crippen LogP contribution in [0.2, 0.25) is 0 Å². The van der Waals surface area contributed by atoms with Crippen molar-refractivity contribution in [3.63, 3.8) is 0 Å². The Bertz CT molecular complexity index is 529. The maximum atomic E-state index is 11.7. The number of carbonyl (C=O) groups excluding carboxylic acids is 2. The molecule has 0 atom stereocenters. The van der Waals surface area contributed by atoms with Crippen molar-refractivity contribution in [1.29, 1.82) is 0 Å². The van der Waals surface area contributed by atoms with Gasteiger partial charge in [-0.2, -0.15) is 0 Å². The van der Waals surface area contributed by atoms with E-state index in [0.29, 0.717) is 5.01 Å². The Hall–Kier alpha value is -1.75. The van der Waals surface area contributed by atoms with Crippen molar-refractivity contribution < 1.29 is 14.3 Å². The number of hydrogen-bond acceptors (Lipinski definition) is 5. The molecule has 17 heavy (non-hydrogen) atoms. The number of rotatable bonds is 4. The summed E-state index contributed by atoms with van der Waals surface area (Å²) < 4.78 is 5.67. The number of benzene rings is 1. The summed E-state index contributed by atoms with van der Waals surface area (Å²) in [4.78, 5) is 27.1. The molecule has 0 fully saturated rings. The molecule has 0 amide bonds. The predicted octanol–water partition coefficient (Wildman–Crippen LogP) is 2.43. The summed E-state index contributed by atoms with van der Waals surface area (Å²) >= 11 is 1.30. The Morgan fingerprint density at radius 2 is 2.12 bits per heavy atom. The lowest BCUT2D eigenvalue weighted by atomic mass is 10.3. The smallest absolute Gasteiger partial charge is 0.313 e. The van der Waals surface area contributed by atoms with E-state index in [1.165, 1.54) is 11.3 Å². The molecule has 1 aromatic heterocycles. The van der Waals surface area contributed by atoms with Gasteiger partial charge in [-0.05, 0) is 19.1 Å². The molecule has 0 aliphatic carbocycles. The van der Waals surface area contributed by atoms with Crippen molar-refractivity contribution in [3.05, 3.63) is 29.3 Å². The maximum absolute atomic E-state index is 11.7. The number of hydrogen-bond donors (Lipinski definition) is 0. The third kappa shape index (κ3) is 2.68. The lowest BCUT2D eigenvalue weighted by Gasteiger charge is -1.98. The largest absolute Gasteiger partial charge is 0.466 e. The first-order valence-corrected chi connectivity index (χ1v) is 6.06. The molecule has 0 bridgehead atoms. The van der Waals surface area contributed by atoms with Crippen molar-refractivity contribution >= 4 is 33.3 Å². The summed E-state index contributed by atoms with van der Waals surface area (Å²) in [5, 5.41) is 0.360. The van der Waals surface area contributed by atoms with Gasteiger partial charge in [-0.3, -0.25) is 9.59 Å². The van der Waals surface area contributed by atoms with Gasteiger partial charge in [0.2, 0.25) is 5.78 Å². The van der Waals surface area contributed by atoms with E-state index in [9.17, 15) is 9.59 Å². The highest BCUT2D eigenvalue weighted by Gasteiger charge is 2.16. The molecule has 0 aliphatic rings. The molecule has 2 rings (SSSR count). The van der Waals surface area contributed by atoms with Gasteiger partial charge in [-0.25, -0.2) is 4.98 Å². The molecule has 0 saturated heterocycles. The summed E-state index contributed by atoms with van der Waals surface area (Å²) in [6, 6.07) is 7.49. The highest BCUT2D eigenvalue weighted by molar-refractivity contribution is 7.20. The summed E-state index contributed by atoms with van der Waals surface area (Å²) in [6.45, 7) is 1.99. The minimum absolute atomic E-state index is 0.242. The van der Waals surface area contributed by atoms with Gasteiger partial charge in [0.05, 0.1) is 16.8 Å². The van der Waals surface area contributed by atoms with Gasteiger partial charge in [-0.15, -0.1) is 11.3 Å². The minimum atomic E-state index is -0.503. The van der Waals surface area contributed by atoms with E-state index < -0.39 is 5.97 Å². The Kier molecular flexibility index (Phi) is 3.49. The molecule has 0 radical (unpaired) electrons. The number of para-hydroxylation sites is 1. The Morgan fingerprint density at radius 3 is 2.82 bits per heavy atom. The fourth-order valence-corrected chi connectivity index (χ4v) is 2.31. The number of ketones is 1. The number of carbonyl (C=O) groups is 2. The molecule has 0 N–H and O–H groups in total. The highest BCUT2D eigenvalue weighted by Crippen LogP contribution is 2.22. The molecule has 0 aliphatic heterocycles. The molecule has 0 saturated carbocycles. The van der Waals surface area contributed by atoms with Crippen molar-refractivity contribution in [2.24, 2.45) is 0 Å². The van der Waals surface area contributed by atoms with Crippen LogP contribution in [-0.4, -0.2) is 23.3 Å². The van der Waals surface area contributed by atoms with E-state index in [0.717, 1.165) is 10.2 Å². The van der Waals surface area contributed by atoms with E-state index in [2.05, 4.69) is 4.98 Å². The molecule has 1 aromatic carbocycles. The topological polar surface area (TPSA) is 56.3 Å². The Labute approximate surface area is 102 Å². The molecular formula is C12H11NO3S. The number of Topliss-reactive ketones (excluding diaryl/α,β-unsaturated/α-hetero) is 1. The molecule has 0 spiro atoms. The molecule has 88 valence electrons. The number of fused-ring (bicyclic) bond motifs is 1. The van der Waals surface area contributed by atoms with Gasteiger partial charge in [-0.1, -0.05) is 12.1 Å². The van der Waals surface area contributed by atoms with Crippen LogP contribution in [-0.2, 0) is 9.53 Å². The van der Waals surface area contributed by atoms with Gasteiger partial charge in [0.15, 0.2) is 5.01 Å². The number of aromatic nitrogens is 1. The first-order valence-electron chi connectivity index (χ1n) is 5.25. The molecule has 1 heterocycles. The fraction of sp³-hybridized carbons (Fsp3) is 0.250. The molecule has 5 heteroatoms. The monoisotopic (exact) mass is 249 g/mol. The van der Waals surface area contributed by atoms with Crippen LogP contribution >= 0.6 is 11.3 Å². The maximum Gasteiger partial charge on any atom is 0.313 e. The summed E-state index contributed by atoms with van der Waals surface area (Å²) in [6.07, 6.45) is -0.242. The Balaban J connectivity index is 2.16. The number of ether oxygens (including phenoxy) is 1. The van der Waals surface area contributed by atoms with Crippen LogP contribution in [0.4, 0.5) is 0 Å². The van der Waals surface area contributed by atoms with E-state index in [4.69, 9.17) is 4.74 Å². The second-order valence-electron chi connectivity index (χ2n) is 3.39. The lowest BCUT2D eigenvalue weighted by molar-refractivity contribution is -0.141. The first-order chi connectivity index (χ1) is 8.20. The van der Waals surface area contributed by atoms with Gasteiger partial charge >= 0.3 is 5.97 Å². The van der Waals surface area contributed by atoms with E-state index in [1.54, 1.807) is 6.92 Å². The zero-order valence-corrected chi connectivity index (χ0v) is 10.1. The normalized spacial score (nSPS) is 10.4. The second-order valence-corrected chi connectivity index (χ2v) is 4.42.